The van der Waals surface area contributed by atoms with Crippen LogP contribution in [0.2, 0.25) is 0 Å². The van der Waals surface area contributed by atoms with Gasteiger partial charge in [0, 0.05) is 18.6 Å². The molecule has 0 aromatic heterocycles. The van der Waals surface area contributed by atoms with E-state index in [1.165, 1.54) is 0 Å². The normalized spacial score (nSPS) is 24.3. The lowest BCUT2D eigenvalue weighted by atomic mass is 9.84. The van der Waals surface area contributed by atoms with Crippen molar-refractivity contribution in [3.05, 3.63) is 0 Å². The first-order valence-corrected chi connectivity index (χ1v) is 6.46. The Kier molecular flexibility index (Phi) is 4.37. The van der Waals surface area contributed by atoms with Gasteiger partial charge in [0.15, 0.2) is 0 Å². The fourth-order valence-electron chi connectivity index (χ4n) is 2.15. The van der Waals surface area contributed by atoms with Crippen molar-refractivity contribution in [1.29, 1.82) is 0 Å². The molecule has 1 amide bonds. The van der Waals surface area contributed by atoms with E-state index in [0.29, 0.717) is 25.9 Å². The number of amides is 1. The van der Waals surface area contributed by atoms with E-state index in [1.54, 1.807) is 4.90 Å². The molecule has 1 saturated heterocycles. The van der Waals surface area contributed by atoms with E-state index in [-0.39, 0.29) is 18.0 Å². The number of aliphatic carboxylic acids is 1. The minimum absolute atomic E-state index is 0.0125. The molecule has 0 bridgehead atoms. The summed E-state index contributed by atoms with van der Waals surface area (Å²) in [5.41, 5.74) is -0.846. The van der Waals surface area contributed by atoms with Gasteiger partial charge in [-0.3, -0.25) is 9.59 Å². The highest BCUT2D eigenvalue weighted by Crippen LogP contribution is 2.34. The van der Waals surface area contributed by atoms with Crippen molar-refractivity contribution in [2.45, 2.75) is 46.1 Å². The Bertz CT molecular complexity index is 336. The number of likely N-dealkylation sites (tertiary alicyclic amines) is 1. The largest absolute Gasteiger partial charge is 0.481 e. The molecule has 5 nitrogen and oxygen atoms in total. The fourth-order valence-corrected chi connectivity index (χ4v) is 2.15. The summed E-state index contributed by atoms with van der Waals surface area (Å²) in [5.74, 6) is -0.800. The van der Waals surface area contributed by atoms with Crippen molar-refractivity contribution >= 4 is 11.9 Å². The van der Waals surface area contributed by atoms with Crippen molar-refractivity contribution in [2.75, 3.05) is 19.6 Å². The van der Waals surface area contributed by atoms with Crippen molar-refractivity contribution < 1.29 is 14.7 Å². The zero-order chi connectivity index (χ0) is 14.0. The van der Waals surface area contributed by atoms with Crippen LogP contribution in [0.15, 0.2) is 0 Å². The molecule has 1 aliphatic rings. The maximum atomic E-state index is 12.0. The van der Waals surface area contributed by atoms with Crippen LogP contribution in [0.25, 0.3) is 0 Å². The summed E-state index contributed by atoms with van der Waals surface area (Å²) in [6.45, 7) is 9.01. The molecular weight excluding hydrogens is 232 g/mol. The van der Waals surface area contributed by atoms with Gasteiger partial charge in [0.25, 0.3) is 0 Å². The average molecular weight is 256 g/mol. The Balaban J connectivity index is 2.56. The molecule has 1 fully saturated rings. The Labute approximate surface area is 109 Å². The van der Waals surface area contributed by atoms with E-state index in [9.17, 15) is 14.7 Å². The van der Waals surface area contributed by atoms with Crippen LogP contribution >= 0.6 is 0 Å². The molecule has 1 unspecified atom stereocenters. The van der Waals surface area contributed by atoms with Gasteiger partial charge in [-0.05, 0) is 33.6 Å². The average Bonchev–Trinajstić information content (AvgIpc) is 2.70. The highest BCUT2D eigenvalue weighted by Gasteiger charge is 2.44. The molecule has 104 valence electrons. The third kappa shape index (κ3) is 3.45. The maximum absolute atomic E-state index is 12.0. The standard InChI is InChI=1S/C13H24N2O3/c1-5-13(11(17)18)6-7-15(9-13)10(16)8-14-12(2,3)4/h14H,5-9H2,1-4H3,(H,17,18). The zero-order valence-electron chi connectivity index (χ0n) is 11.7. The van der Waals surface area contributed by atoms with E-state index in [0.717, 1.165) is 0 Å². The van der Waals surface area contributed by atoms with E-state index >= 15 is 0 Å². The molecule has 0 aromatic rings. The van der Waals surface area contributed by atoms with Gasteiger partial charge < -0.3 is 15.3 Å². The van der Waals surface area contributed by atoms with Gasteiger partial charge in [0.05, 0.1) is 12.0 Å². The van der Waals surface area contributed by atoms with E-state index in [1.807, 2.05) is 27.7 Å². The molecular formula is C13H24N2O3. The van der Waals surface area contributed by atoms with E-state index in [4.69, 9.17) is 0 Å². The molecule has 1 atom stereocenters. The molecule has 5 heteroatoms. The van der Waals surface area contributed by atoms with Crippen LogP contribution in [0, 0.1) is 5.41 Å². The van der Waals surface area contributed by atoms with Crippen molar-refractivity contribution in [3.63, 3.8) is 0 Å². The summed E-state index contributed by atoms with van der Waals surface area (Å²) in [6, 6.07) is 0. The fraction of sp³-hybridized carbons (Fsp3) is 0.846. The quantitative estimate of drug-likeness (QED) is 0.790. The number of carbonyl (C=O) groups excluding carboxylic acids is 1. The predicted molar refractivity (Wildman–Crippen MR) is 69.3 cm³/mol. The van der Waals surface area contributed by atoms with Crippen LogP contribution in [0.5, 0.6) is 0 Å². The Morgan fingerprint density at radius 2 is 2.00 bits per heavy atom. The van der Waals surface area contributed by atoms with Gasteiger partial charge in [0.1, 0.15) is 0 Å². The molecule has 0 spiro atoms. The van der Waals surface area contributed by atoms with Crippen LogP contribution in [0.3, 0.4) is 0 Å². The van der Waals surface area contributed by atoms with Gasteiger partial charge in [0.2, 0.25) is 5.91 Å². The van der Waals surface area contributed by atoms with Crippen LogP contribution in [0.1, 0.15) is 40.5 Å². The van der Waals surface area contributed by atoms with Crippen molar-refractivity contribution in [1.82, 2.24) is 10.2 Å². The second kappa shape index (κ2) is 5.26. The number of rotatable bonds is 4. The minimum Gasteiger partial charge on any atom is -0.481 e. The first-order chi connectivity index (χ1) is 8.20. The lowest BCUT2D eigenvalue weighted by molar-refractivity contribution is -0.148. The van der Waals surface area contributed by atoms with Gasteiger partial charge in [-0.25, -0.2) is 0 Å². The van der Waals surface area contributed by atoms with E-state index < -0.39 is 11.4 Å². The Morgan fingerprint density at radius 3 is 2.39 bits per heavy atom. The molecule has 0 aliphatic carbocycles. The number of hydrogen-bond acceptors (Lipinski definition) is 3. The lowest BCUT2D eigenvalue weighted by Crippen LogP contribution is -2.45. The molecule has 1 rings (SSSR count). The topological polar surface area (TPSA) is 69.6 Å². The summed E-state index contributed by atoms with van der Waals surface area (Å²) in [7, 11) is 0. The summed E-state index contributed by atoms with van der Waals surface area (Å²) < 4.78 is 0. The Morgan fingerprint density at radius 1 is 1.39 bits per heavy atom. The zero-order valence-corrected chi connectivity index (χ0v) is 11.7. The van der Waals surface area contributed by atoms with Crippen molar-refractivity contribution in [3.8, 4) is 0 Å². The first-order valence-electron chi connectivity index (χ1n) is 6.46. The third-order valence-electron chi connectivity index (χ3n) is 3.61. The molecule has 18 heavy (non-hydrogen) atoms. The number of carbonyl (C=O) groups is 2. The predicted octanol–water partition coefficient (Wildman–Crippen LogP) is 1.09. The van der Waals surface area contributed by atoms with Crippen LogP contribution in [-0.4, -0.2) is 47.1 Å². The van der Waals surface area contributed by atoms with E-state index in [2.05, 4.69) is 5.32 Å². The third-order valence-corrected chi connectivity index (χ3v) is 3.61. The van der Waals surface area contributed by atoms with Gasteiger partial charge in [-0.15, -0.1) is 0 Å². The highest BCUT2D eigenvalue weighted by atomic mass is 16.4. The SMILES string of the molecule is CCC1(C(=O)O)CCN(C(=O)CNC(C)(C)C)C1. The summed E-state index contributed by atoms with van der Waals surface area (Å²) in [6.07, 6.45) is 1.12. The second-order valence-electron chi connectivity index (χ2n) is 6.11. The molecule has 0 radical (unpaired) electrons. The number of hydrogen-bond donors (Lipinski definition) is 2. The summed E-state index contributed by atoms with van der Waals surface area (Å²) >= 11 is 0. The smallest absolute Gasteiger partial charge is 0.311 e. The molecule has 0 saturated carbocycles. The summed E-state index contributed by atoms with van der Waals surface area (Å²) in [4.78, 5) is 24.9. The van der Waals surface area contributed by atoms with Gasteiger partial charge >= 0.3 is 5.97 Å². The molecule has 1 aliphatic heterocycles. The van der Waals surface area contributed by atoms with Gasteiger partial charge in [-0.2, -0.15) is 0 Å². The monoisotopic (exact) mass is 256 g/mol. The van der Waals surface area contributed by atoms with Crippen molar-refractivity contribution in [2.24, 2.45) is 5.41 Å². The number of nitrogens with zero attached hydrogens (tertiary/aromatic N) is 1. The number of nitrogens with one attached hydrogen (secondary N) is 1. The molecule has 0 aromatic carbocycles. The molecule has 2 N–H and O–H groups in total. The lowest BCUT2D eigenvalue weighted by Gasteiger charge is -2.25. The first kappa shape index (κ1) is 15.0. The number of carboxylic acids is 1. The Hall–Kier alpha value is -1.10. The number of carboxylic acid groups (broad SMARTS) is 1. The van der Waals surface area contributed by atoms with Crippen LogP contribution in [0.4, 0.5) is 0 Å². The highest BCUT2D eigenvalue weighted by molar-refractivity contribution is 5.81. The minimum atomic E-state index is -0.788. The van der Waals surface area contributed by atoms with Crippen LogP contribution in [-0.2, 0) is 9.59 Å². The van der Waals surface area contributed by atoms with Crippen LogP contribution < -0.4 is 5.32 Å². The maximum Gasteiger partial charge on any atom is 0.311 e. The summed E-state index contributed by atoms with van der Waals surface area (Å²) in [5, 5.41) is 12.4. The van der Waals surface area contributed by atoms with Gasteiger partial charge in [-0.1, -0.05) is 6.92 Å². The second-order valence-corrected chi connectivity index (χ2v) is 6.11. The molecule has 1 heterocycles.